The highest BCUT2D eigenvalue weighted by Gasteiger charge is 2.18. The van der Waals surface area contributed by atoms with Crippen LogP contribution in [0.1, 0.15) is 5.56 Å². The lowest BCUT2D eigenvalue weighted by atomic mass is 10.1. The van der Waals surface area contributed by atoms with Crippen molar-refractivity contribution >= 4 is 24.1 Å². The number of nitrogens with one attached hydrogen (secondary N) is 1. The van der Waals surface area contributed by atoms with Crippen molar-refractivity contribution in [2.24, 2.45) is 5.10 Å². The topological polar surface area (TPSA) is 117 Å². The second-order valence-electron chi connectivity index (χ2n) is 5.64. The van der Waals surface area contributed by atoms with Crippen LogP contribution in [0.15, 0.2) is 41.5 Å². The van der Waals surface area contributed by atoms with Crippen LogP contribution >= 0.6 is 12.2 Å². The number of aromatic amines is 1. The third-order valence-electron chi connectivity index (χ3n) is 4.02. The van der Waals surface area contributed by atoms with E-state index in [1.807, 2.05) is 0 Å². The van der Waals surface area contributed by atoms with E-state index >= 15 is 0 Å². The zero-order valence-corrected chi connectivity index (χ0v) is 16.6. The normalized spacial score (nSPS) is 10.9. The molecule has 10 nitrogen and oxygen atoms in total. The summed E-state index contributed by atoms with van der Waals surface area (Å²) in [6.45, 7) is 0. The van der Waals surface area contributed by atoms with Crippen molar-refractivity contribution in [1.82, 2.24) is 14.9 Å². The van der Waals surface area contributed by atoms with Crippen molar-refractivity contribution in [3.05, 3.63) is 56.8 Å². The fourth-order valence-corrected chi connectivity index (χ4v) is 2.86. The highest BCUT2D eigenvalue weighted by Crippen LogP contribution is 2.40. The lowest BCUT2D eigenvalue weighted by Crippen LogP contribution is -2.00. The lowest BCUT2D eigenvalue weighted by Gasteiger charge is -2.13. The van der Waals surface area contributed by atoms with Gasteiger partial charge < -0.3 is 14.2 Å². The number of aromatic nitrogens is 3. The summed E-state index contributed by atoms with van der Waals surface area (Å²) in [6, 6.07) is 9.65. The summed E-state index contributed by atoms with van der Waals surface area (Å²) in [5, 5.41) is 22.4. The SMILES string of the molecule is COc1cc(-c2n[nH]c(=S)n2N=Cc2ccccc2[N+](=O)[O-])cc(OC)c1OC. The van der Waals surface area contributed by atoms with Crippen molar-refractivity contribution in [1.29, 1.82) is 0 Å². The van der Waals surface area contributed by atoms with E-state index in [-0.39, 0.29) is 10.5 Å². The molecule has 29 heavy (non-hydrogen) atoms. The number of hydrogen-bond acceptors (Lipinski definition) is 8. The van der Waals surface area contributed by atoms with E-state index in [1.165, 1.54) is 38.3 Å². The first kappa shape index (κ1) is 20.0. The number of nitrogens with zero attached hydrogens (tertiary/aromatic N) is 4. The maximum absolute atomic E-state index is 11.2. The first-order chi connectivity index (χ1) is 14.0. The molecular formula is C18H17N5O5S. The van der Waals surface area contributed by atoms with Gasteiger partial charge in [0, 0.05) is 11.6 Å². The molecule has 0 spiro atoms. The summed E-state index contributed by atoms with van der Waals surface area (Å²) in [5.41, 5.74) is 0.851. The molecule has 3 rings (SSSR count). The summed E-state index contributed by atoms with van der Waals surface area (Å²) in [5.74, 6) is 1.67. The fourth-order valence-electron chi connectivity index (χ4n) is 2.68. The number of benzene rings is 2. The van der Waals surface area contributed by atoms with Crippen molar-refractivity contribution < 1.29 is 19.1 Å². The van der Waals surface area contributed by atoms with Crippen LogP contribution in [0.25, 0.3) is 11.4 Å². The Morgan fingerprint density at radius 2 is 1.83 bits per heavy atom. The summed E-state index contributed by atoms with van der Waals surface area (Å²) in [4.78, 5) is 10.7. The summed E-state index contributed by atoms with van der Waals surface area (Å²) >= 11 is 5.25. The maximum atomic E-state index is 11.2. The predicted molar refractivity (Wildman–Crippen MR) is 109 cm³/mol. The van der Waals surface area contributed by atoms with Crippen LogP contribution in [0.4, 0.5) is 5.69 Å². The van der Waals surface area contributed by atoms with Gasteiger partial charge in [0.2, 0.25) is 10.5 Å². The molecule has 0 fully saturated rings. The Hall–Kier alpha value is -3.73. The maximum Gasteiger partial charge on any atom is 0.278 e. The molecule has 0 unspecified atom stereocenters. The van der Waals surface area contributed by atoms with E-state index in [2.05, 4.69) is 15.3 Å². The Labute approximate surface area is 170 Å². The summed E-state index contributed by atoms with van der Waals surface area (Å²) < 4.78 is 17.6. The molecule has 0 aliphatic heterocycles. The largest absolute Gasteiger partial charge is 0.493 e. The number of nitro benzene ring substituents is 1. The first-order valence-corrected chi connectivity index (χ1v) is 8.66. The highest BCUT2D eigenvalue weighted by atomic mass is 32.1. The lowest BCUT2D eigenvalue weighted by molar-refractivity contribution is -0.385. The molecule has 1 N–H and O–H groups in total. The smallest absolute Gasteiger partial charge is 0.278 e. The minimum absolute atomic E-state index is 0.0689. The monoisotopic (exact) mass is 415 g/mol. The zero-order valence-electron chi connectivity index (χ0n) is 15.8. The number of methoxy groups -OCH3 is 3. The number of para-hydroxylation sites is 1. The second-order valence-corrected chi connectivity index (χ2v) is 6.03. The number of rotatable bonds is 7. The van der Waals surface area contributed by atoms with Crippen LogP contribution in [-0.2, 0) is 0 Å². The minimum Gasteiger partial charge on any atom is -0.493 e. The van der Waals surface area contributed by atoms with Crippen LogP contribution in [0.2, 0.25) is 0 Å². The zero-order chi connectivity index (χ0) is 21.0. The van der Waals surface area contributed by atoms with E-state index in [4.69, 9.17) is 26.4 Å². The summed E-state index contributed by atoms with van der Waals surface area (Å²) in [7, 11) is 4.52. The van der Waals surface area contributed by atoms with E-state index in [9.17, 15) is 10.1 Å². The quantitative estimate of drug-likeness (QED) is 0.272. The van der Waals surface area contributed by atoms with Gasteiger partial charge >= 0.3 is 0 Å². The van der Waals surface area contributed by atoms with Crippen molar-refractivity contribution in [2.75, 3.05) is 21.3 Å². The van der Waals surface area contributed by atoms with Crippen LogP contribution in [0.3, 0.4) is 0 Å². The van der Waals surface area contributed by atoms with Gasteiger partial charge in [0.25, 0.3) is 5.69 Å². The fraction of sp³-hybridized carbons (Fsp3) is 0.167. The van der Waals surface area contributed by atoms with Crippen LogP contribution in [0.5, 0.6) is 17.2 Å². The van der Waals surface area contributed by atoms with E-state index in [0.29, 0.717) is 34.2 Å². The van der Waals surface area contributed by atoms with Gasteiger partial charge in [0.1, 0.15) is 0 Å². The van der Waals surface area contributed by atoms with Crippen molar-refractivity contribution in [3.8, 4) is 28.6 Å². The summed E-state index contributed by atoms with van der Waals surface area (Å²) in [6.07, 6.45) is 1.35. The third-order valence-corrected chi connectivity index (χ3v) is 4.28. The molecule has 0 bridgehead atoms. The van der Waals surface area contributed by atoms with E-state index < -0.39 is 4.92 Å². The molecule has 0 saturated heterocycles. The number of H-pyrrole nitrogens is 1. The Morgan fingerprint density at radius 3 is 2.41 bits per heavy atom. The Bertz CT molecular complexity index is 1110. The average molecular weight is 415 g/mol. The molecule has 1 aromatic heterocycles. The van der Waals surface area contributed by atoms with Crippen LogP contribution in [-0.4, -0.2) is 47.3 Å². The average Bonchev–Trinajstić information content (AvgIpc) is 3.11. The molecule has 0 radical (unpaired) electrons. The van der Waals surface area contributed by atoms with Crippen molar-refractivity contribution in [3.63, 3.8) is 0 Å². The van der Waals surface area contributed by atoms with Gasteiger partial charge in [-0.1, -0.05) is 12.1 Å². The molecule has 0 amide bonds. The second kappa shape index (κ2) is 8.52. The highest BCUT2D eigenvalue weighted by molar-refractivity contribution is 7.71. The van der Waals surface area contributed by atoms with Crippen LogP contribution in [0, 0.1) is 14.9 Å². The molecule has 11 heteroatoms. The molecule has 1 heterocycles. The number of nitro groups is 1. The van der Waals surface area contributed by atoms with Gasteiger partial charge in [-0.3, -0.25) is 10.1 Å². The van der Waals surface area contributed by atoms with Gasteiger partial charge in [0.05, 0.1) is 38.0 Å². The Morgan fingerprint density at radius 1 is 1.17 bits per heavy atom. The van der Waals surface area contributed by atoms with E-state index in [0.717, 1.165) is 0 Å². The van der Waals surface area contributed by atoms with E-state index in [1.54, 1.807) is 30.3 Å². The van der Waals surface area contributed by atoms with Gasteiger partial charge in [-0.15, -0.1) is 0 Å². The number of hydrogen-bond donors (Lipinski definition) is 1. The van der Waals surface area contributed by atoms with Crippen molar-refractivity contribution in [2.45, 2.75) is 0 Å². The van der Waals surface area contributed by atoms with Gasteiger partial charge in [-0.25, -0.2) is 5.10 Å². The van der Waals surface area contributed by atoms with Gasteiger partial charge in [0.15, 0.2) is 17.3 Å². The molecule has 150 valence electrons. The standard InChI is InChI=1S/C18H17N5O5S/c1-26-14-8-12(9-15(27-2)16(14)28-3)17-20-21-18(29)22(17)19-10-11-6-4-5-7-13(11)23(24)25/h4-10H,1-3H3,(H,21,29). The minimum atomic E-state index is -0.476. The number of ether oxygens (including phenoxy) is 3. The molecule has 3 aromatic rings. The van der Waals surface area contributed by atoms with Gasteiger partial charge in [-0.05, 0) is 30.4 Å². The third kappa shape index (κ3) is 3.94. The molecular weight excluding hydrogens is 398 g/mol. The van der Waals surface area contributed by atoms with Crippen LogP contribution < -0.4 is 14.2 Å². The molecule has 0 aliphatic carbocycles. The Balaban J connectivity index is 2.10. The predicted octanol–water partition coefficient (Wildman–Crippen LogP) is 3.42. The molecule has 0 saturated carbocycles. The van der Waals surface area contributed by atoms with Gasteiger partial charge in [-0.2, -0.15) is 14.9 Å². The Kier molecular flexibility index (Phi) is 5.88. The first-order valence-electron chi connectivity index (χ1n) is 8.25. The molecule has 0 atom stereocenters. The molecule has 2 aromatic carbocycles. The molecule has 0 aliphatic rings.